The van der Waals surface area contributed by atoms with Crippen LogP contribution in [-0.2, 0) is 10.0 Å². The van der Waals surface area contributed by atoms with Gasteiger partial charge in [0.25, 0.3) is 0 Å². The van der Waals surface area contributed by atoms with Crippen molar-refractivity contribution in [1.29, 1.82) is 0 Å². The molecule has 2 saturated carbocycles. The average Bonchev–Trinajstić information content (AvgIpc) is 3.47. The van der Waals surface area contributed by atoms with Crippen LogP contribution < -0.4 is 9.46 Å². The molecule has 2 aliphatic rings. The van der Waals surface area contributed by atoms with Crippen LogP contribution in [0.25, 0.3) is 16.6 Å². The topological polar surface area (TPSA) is 85.6 Å². The van der Waals surface area contributed by atoms with Gasteiger partial charge in [-0.2, -0.15) is 0 Å². The first kappa shape index (κ1) is 19.6. The van der Waals surface area contributed by atoms with Crippen LogP contribution in [0.3, 0.4) is 0 Å². The van der Waals surface area contributed by atoms with E-state index in [1.165, 1.54) is 32.1 Å². The molecule has 160 valence electrons. The Labute approximate surface area is 176 Å². The third-order valence-electron chi connectivity index (χ3n) is 6.16. The van der Waals surface area contributed by atoms with Crippen LogP contribution in [0.5, 0.6) is 5.75 Å². The molecule has 30 heavy (non-hydrogen) atoms. The van der Waals surface area contributed by atoms with E-state index in [4.69, 9.17) is 9.72 Å². The summed E-state index contributed by atoms with van der Waals surface area (Å²) >= 11 is 0. The Balaban J connectivity index is 1.71. The average molecular weight is 429 g/mol. The standard InChI is InChI=1S/C22H28N4O3S/c1-14-20-21(25-30(2,27)28)24-18-11-10-17(29-13-15-8-9-15)12-19(18)26(20)22(23-14)16-6-4-3-5-7-16/h10-12,15-16H,3-9,13H2,1-2H3,(H,24,25). The van der Waals surface area contributed by atoms with Crippen LogP contribution >= 0.6 is 0 Å². The number of hydrogen-bond donors (Lipinski definition) is 1. The highest BCUT2D eigenvalue weighted by Gasteiger charge is 2.26. The second-order valence-electron chi connectivity index (χ2n) is 8.81. The second kappa shape index (κ2) is 7.41. The Kier molecular flexibility index (Phi) is 4.84. The van der Waals surface area contributed by atoms with E-state index in [0.29, 0.717) is 17.7 Å². The van der Waals surface area contributed by atoms with Gasteiger partial charge in [0.2, 0.25) is 10.0 Å². The summed E-state index contributed by atoms with van der Waals surface area (Å²) in [5.41, 5.74) is 3.16. The SMILES string of the molecule is Cc1nc(C2CCCCC2)n2c1c(NS(C)(=O)=O)nc1ccc(OCC3CC3)cc12. The predicted molar refractivity (Wildman–Crippen MR) is 118 cm³/mol. The van der Waals surface area contributed by atoms with Gasteiger partial charge in [-0.1, -0.05) is 19.3 Å². The molecule has 2 aliphatic carbocycles. The van der Waals surface area contributed by atoms with Crippen LogP contribution in [0.15, 0.2) is 18.2 Å². The number of benzene rings is 1. The van der Waals surface area contributed by atoms with Crippen molar-refractivity contribution in [3.63, 3.8) is 0 Å². The van der Waals surface area contributed by atoms with Gasteiger partial charge < -0.3 is 4.74 Å². The molecule has 3 aromatic rings. The molecule has 0 saturated heterocycles. The summed E-state index contributed by atoms with van der Waals surface area (Å²) in [6.07, 6.45) is 9.51. The fourth-order valence-corrected chi connectivity index (χ4v) is 4.99. The van der Waals surface area contributed by atoms with Crippen molar-refractivity contribution in [2.75, 3.05) is 17.6 Å². The van der Waals surface area contributed by atoms with Crippen LogP contribution in [0.2, 0.25) is 0 Å². The van der Waals surface area contributed by atoms with Gasteiger partial charge in [0, 0.05) is 12.0 Å². The molecular formula is C22H28N4O3S. The number of rotatable bonds is 6. The fraction of sp³-hybridized carbons (Fsp3) is 0.545. The third-order valence-corrected chi connectivity index (χ3v) is 6.72. The lowest BCUT2D eigenvalue weighted by atomic mass is 9.88. The van der Waals surface area contributed by atoms with Gasteiger partial charge in [0.1, 0.15) is 17.1 Å². The van der Waals surface area contributed by atoms with Crippen molar-refractivity contribution in [1.82, 2.24) is 14.4 Å². The molecule has 0 atom stereocenters. The number of sulfonamides is 1. The molecule has 0 amide bonds. The molecule has 2 heterocycles. The van der Waals surface area contributed by atoms with Crippen LogP contribution in [-0.4, -0.2) is 35.6 Å². The van der Waals surface area contributed by atoms with E-state index in [1.807, 2.05) is 25.1 Å². The van der Waals surface area contributed by atoms with Gasteiger partial charge in [-0.25, -0.2) is 18.4 Å². The van der Waals surface area contributed by atoms with Crippen molar-refractivity contribution in [3.05, 3.63) is 29.7 Å². The predicted octanol–water partition coefficient (Wildman–Crippen LogP) is 4.40. The number of anilines is 1. The number of nitrogens with one attached hydrogen (secondary N) is 1. The first-order chi connectivity index (χ1) is 14.4. The molecule has 5 rings (SSSR count). The lowest BCUT2D eigenvalue weighted by Gasteiger charge is -2.21. The van der Waals surface area contributed by atoms with Crippen molar-refractivity contribution >= 4 is 32.4 Å². The monoisotopic (exact) mass is 428 g/mol. The number of aromatic nitrogens is 3. The Bertz CT molecular complexity index is 1210. The van der Waals surface area contributed by atoms with Crippen molar-refractivity contribution < 1.29 is 13.2 Å². The highest BCUT2D eigenvalue weighted by Crippen LogP contribution is 2.37. The maximum atomic E-state index is 12.0. The van der Waals surface area contributed by atoms with Gasteiger partial charge in [0.15, 0.2) is 5.82 Å². The van der Waals surface area contributed by atoms with Gasteiger partial charge in [-0.05, 0) is 50.7 Å². The number of ether oxygens (including phenoxy) is 1. The summed E-state index contributed by atoms with van der Waals surface area (Å²) < 4.78 is 34.8. The van der Waals surface area contributed by atoms with Crippen molar-refractivity contribution in [3.8, 4) is 5.75 Å². The van der Waals surface area contributed by atoms with Crippen LogP contribution in [0, 0.1) is 12.8 Å². The van der Waals surface area contributed by atoms with E-state index < -0.39 is 10.0 Å². The molecule has 7 nitrogen and oxygen atoms in total. The molecule has 0 radical (unpaired) electrons. The molecule has 0 bridgehead atoms. The molecule has 2 aromatic heterocycles. The molecule has 0 unspecified atom stereocenters. The van der Waals surface area contributed by atoms with Crippen LogP contribution in [0.4, 0.5) is 5.82 Å². The summed E-state index contributed by atoms with van der Waals surface area (Å²) in [5, 5.41) is 0. The highest BCUT2D eigenvalue weighted by atomic mass is 32.2. The normalized spacial score (nSPS) is 18.2. The number of nitrogens with zero attached hydrogens (tertiary/aromatic N) is 3. The molecule has 1 N–H and O–H groups in total. The molecule has 8 heteroatoms. The number of imidazole rings is 1. The first-order valence-corrected chi connectivity index (χ1v) is 12.7. The highest BCUT2D eigenvalue weighted by molar-refractivity contribution is 7.92. The molecular weight excluding hydrogens is 400 g/mol. The minimum absolute atomic E-state index is 0.337. The number of hydrogen-bond acceptors (Lipinski definition) is 5. The zero-order valence-electron chi connectivity index (χ0n) is 17.5. The number of aryl methyl sites for hydroxylation is 1. The Morgan fingerprint density at radius 1 is 1.13 bits per heavy atom. The van der Waals surface area contributed by atoms with Gasteiger partial charge in [-0.3, -0.25) is 9.12 Å². The summed E-state index contributed by atoms with van der Waals surface area (Å²) in [6.45, 7) is 2.67. The lowest BCUT2D eigenvalue weighted by Crippen LogP contribution is -2.14. The quantitative estimate of drug-likeness (QED) is 0.629. The third kappa shape index (κ3) is 3.85. The molecule has 0 aliphatic heterocycles. The van der Waals surface area contributed by atoms with Crippen LogP contribution in [0.1, 0.15) is 62.4 Å². The molecule has 1 aromatic carbocycles. The van der Waals surface area contributed by atoms with E-state index in [9.17, 15) is 8.42 Å². The summed E-state index contributed by atoms with van der Waals surface area (Å²) in [7, 11) is -3.47. The summed E-state index contributed by atoms with van der Waals surface area (Å²) in [5.74, 6) is 3.21. The number of fused-ring (bicyclic) bond motifs is 3. The Morgan fingerprint density at radius 3 is 2.60 bits per heavy atom. The van der Waals surface area contributed by atoms with E-state index in [2.05, 4.69) is 14.1 Å². The lowest BCUT2D eigenvalue weighted by molar-refractivity contribution is 0.300. The molecule has 0 spiro atoms. The smallest absolute Gasteiger partial charge is 0.231 e. The van der Waals surface area contributed by atoms with Gasteiger partial charge in [0.05, 0.1) is 29.6 Å². The Hall–Kier alpha value is -2.35. The zero-order chi connectivity index (χ0) is 20.9. The minimum atomic E-state index is -3.47. The first-order valence-electron chi connectivity index (χ1n) is 10.8. The Morgan fingerprint density at radius 2 is 1.90 bits per heavy atom. The second-order valence-corrected chi connectivity index (χ2v) is 10.6. The summed E-state index contributed by atoms with van der Waals surface area (Å²) in [6, 6.07) is 5.84. The largest absolute Gasteiger partial charge is 0.493 e. The zero-order valence-corrected chi connectivity index (χ0v) is 18.3. The van der Waals surface area contributed by atoms with E-state index in [1.54, 1.807) is 0 Å². The van der Waals surface area contributed by atoms with Gasteiger partial charge in [-0.15, -0.1) is 0 Å². The van der Waals surface area contributed by atoms with E-state index in [0.717, 1.165) is 59.5 Å². The summed E-state index contributed by atoms with van der Waals surface area (Å²) in [4.78, 5) is 9.57. The van der Waals surface area contributed by atoms with Crippen molar-refractivity contribution in [2.24, 2.45) is 5.92 Å². The minimum Gasteiger partial charge on any atom is -0.493 e. The maximum absolute atomic E-state index is 12.0. The fourth-order valence-electron chi connectivity index (χ4n) is 4.49. The maximum Gasteiger partial charge on any atom is 0.231 e. The van der Waals surface area contributed by atoms with E-state index >= 15 is 0 Å². The van der Waals surface area contributed by atoms with Gasteiger partial charge >= 0.3 is 0 Å². The van der Waals surface area contributed by atoms with Crippen molar-refractivity contribution in [2.45, 2.75) is 57.8 Å². The van der Waals surface area contributed by atoms with E-state index in [-0.39, 0.29) is 0 Å². The molecule has 2 fully saturated rings.